The number of benzene rings is 3. The summed E-state index contributed by atoms with van der Waals surface area (Å²) in [6, 6.07) is 12.9. The molecule has 10 heteroatoms. The zero-order chi connectivity index (χ0) is 28.7. The Hall–Kier alpha value is -4.37. The predicted octanol–water partition coefficient (Wildman–Crippen LogP) is 7.00. The minimum Gasteiger partial charge on any atom is -0.503 e. The highest BCUT2D eigenvalue weighted by atomic mass is 35.5. The molecule has 0 spiro atoms. The fourth-order valence-electron chi connectivity index (χ4n) is 5.01. The van der Waals surface area contributed by atoms with E-state index < -0.39 is 40.8 Å². The number of carbonyl (C=O) groups is 2. The minimum atomic E-state index is -1.28. The van der Waals surface area contributed by atoms with E-state index in [1.165, 1.54) is 19.2 Å². The van der Waals surface area contributed by atoms with Gasteiger partial charge in [-0.2, -0.15) is 0 Å². The largest absolute Gasteiger partial charge is 0.503 e. The van der Waals surface area contributed by atoms with Crippen molar-refractivity contribution in [1.29, 1.82) is 0 Å². The van der Waals surface area contributed by atoms with Gasteiger partial charge in [0.2, 0.25) is 5.78 Å². The standard InChI is InChI=1S/C30H25ClF2N2O5/c1-4-34(5-2)20-9-6-16(7-10-20)26-25(28(37)30(38)35(26)22-15-19(32)8-11-21(22)33)27(36)23-13-17-12-18(31)14-24(39-3)29(17)40-23/h6-15,26,37H,4-5H2,1-3H3. The topological polar surface area (TPSA) is 83.2 Å². The van der Waals surface area contributed by atoms with Crippen molar-refractivity contribution in [2.24, 2.45) is 0 Å². The molecule has 1 amide bonds. The van der Waals surface area contributed by atoms with Gasteiger partial charge >= 0.3 is 0 Å². The molecule has 5 rings (SSSR count). The Kier molecular flexibility index (Phi) is 7.25. The Morgan fingerprint density at radius 2 is 1.77 bits per heavy atom. The number of halogens is 3. The Labute approximate surface area is 233 Å². The van der Waals surface area contributed by atoms with Crippen LogP contribution in [0.5, 0.6) is 5.75 Å². The van der Waals surface area contributed by atoms with Crippen LogP contribution >= 0.6 is 11.6 Å². The van der Waals surface area contributed by atoms with Crippen molar-refractivity contribution in [2.75, 3.05) is 30.0 Å². The number of carbonyl (C=O) groups excluding carboxylic acids is 2. The van der Waals surface area contributed by atoms with Crippen LogP contribution in [-0.4, -0.2) is 37.0 Å². The fourth-order valence-corrected chi connectivity index (χ4v) is 5.23. The number of amides is 1. The lowest BCUT2D eigenvalue weighted by Crippen LogP contribution is -2.32. The maximum Gasteiger partial charge on any atom is 0.294 e. The number of ether oxygens (including phenoxy) is 1. The summed E-state index contributed by atoms with van der Waals surface area (Å²) in [5.41, 5.74) is 0.775. The number of aliphatic hydroxyl groups excluding tert-OH is 1. The van der Waals surface area contributed by atoms with Gasteiger partial charge in [-0.15, -0.1) is 0 Å². The molecule has 1 aromatic heterocycles. The van der Waals surface area contributed by atoms with E-state index in [4.69, 9.17) is 20.8 Å². The van der Waals surface area contributed by atoms with Gasteiger partial charge in [-0.3, -0.25) is 14.5 Å². The average molecular weight is 567 g/mol. The van der Waals surface area contributed by atoms with Crippen molar-refractivity contribution in [2.45, 2.75) is 19.9 Å². The molecule has 1 aliphatic heterocycles. The van der Waals surface area contributed by atoms with Gasteiger partial charge < -0.3 is 19.2 Å². The second-order valence-electron chi connectivity index (χ2n) is 9.17. The summed E-state index contributed by atoms with van der Waals surface area (Å²) >= 11 is 6.16. The predicted molar refractivity (Wildman–Crippen MR) is 148 cm³/mol. The molecule has 206 valence electrons. The quantitative estimate of drug-likeness (QED) is 0.231. The van der Waals surface area contributed by atoms with Crippen LogP contribution in [0.1, 0.15) is 36.0 Å². The molecule has 0 fully saturated rings. The number of hydrogen-bond acceptors (Lipinski definition) is 6. The first-order valence-corrected chi connectivity index (χ1v) is 12.9. The summed E-state index contributed by atoms with van der Waals surface area (Å²) in [4.78, 5) is 30.3. The van der Waals surface area contributed by atoms with Crippen molar-refractivity contribution >= 4 is 45.6 Å². The second-order valence-corrected chi connectivity index (χ2v) is 9.60. The van der Waals surface area contributed by atoms with E-state index >= 15 is 0 Å². The van der Waals surface area contributed by atoms with Crippen molar-refractivity contribution < 1.29 is 32.6 Å². The molecule has 1 unspecified atom stereocenters. The fraction of sp³-hybridized carbons (Fsp3) is 0.200. The highest BCUT2D eigenvalue weighted by molar-refractivity contribution is 6.31. The van der Waals surface area contributed by atoms with Crippen LogP contribution in [-0.2, 0) is 4.79 Å². The number of hydrogen-bond donors (Lipinski definition) is 1. The van der Waals surface area contributed by atoms with E-state index in [-0.39, 0.29) is 22.7 Å². The van der Waals surface area contributed by atoms with E-state index in [1.807, 2.05) is 13.8 Å². The molecule has 0 aliphatic carbocycles. The Morgan fingerprint density at radius 3 is 2.42 bits per heavy atom. The van der Waals surface area contributed by atoms with Gasteiger partial charge in [0.1, 0.15) is 11.6 Å². The number of Topliss-reactive ketones (excluding diaryl/α,β-unsaturated/α-hetero) is 1. The Balaban J connectivity index is 1.67. The van der Waals surface area contributed by atoms with Gasteiger partial charge in [0.15, 0.2) is 22.9 Å². The van der Waals surface area contributed by atoms with E-state index in [0.29, 0.717) is 16.0 Å². The molecule has 1 atom stereocenters. The highest BCUT2D eigenvalue weighted by Crippen LogP contribution is 2.44. The lowest BCUT2D eigenvalue weighted by Gasteiger charge is -2.28. The zero-order valence-corrected chi connectivity index (χ0v) is 22.6. The molecule has 0 saturated carbocycles. The lowest BCUT2D eigenvalue weighted by atomic mass is 9.94. The monoisotopic (exact) mass is 566 g/mol. The van der Waals surface area contributed by atoms with E-state index in [9.17, 15) is 23.5 Å². The Bertz CT molecular complexity index is 1660. The van der Waals surface area contributed by atoms with Crippen LogP contribution in [0.3, 0.4) is 0 Å². The summed E-state index contributed by atoms with van der Waals surface area (Å²) in [5, 5.41) is 11.8. The molecule has 40 heavy (non-hydrogen) atoms. The average Bonchev–Trinajstić information content (AvgIpc) is 3.49. The van der Waals surface area contributed by atoms with Gasteiger partial charge in [0.25, 0.3) is 5.91 Å². The molecular weight excluding hydrogens is 542 g/mol. The van der Waals surface area contributed by atoms with Gasteiger partial charge in [0, 0.05) is 41.3 Å². The maximum absolute atomic E-state index is 15.0. The molecule has 7 nitrogen and oxygen atoms in total. The molecular formula is C30H25ClF2N2O5. The smallest absolute Gasteiger partial charge is 0.294 e. The van der Waals surface area contributed by atoms with Crippen LogP contribution in [0.25, 0.3) is 11.0 Å². The molecule has 0 radical (unpaired) electrons. The molecule has 1 N–H and O–H groups in total. The van der Waals surface area contributed by atoms with Crippen LogP contribution in [0.15, 0.2) is 76.4 Å². The van der Waals surface area contributed by atoms with Gasteiger partial charge in [0.05, 0.1) is 24.4 Å². The molecule has 0 saturated heterocycles. The second kappa shape index (κ2) is 10.7. The first kappa shape index (κ1) is 27.2. The lowest BCUT2D eigenvalue weighted by molar-refractivity contribution is -0.117. The number of methoxy groups -OCH3 is 1. The number of aliphatic hydroxyl groups is 1. The molecule has 0 bridgehead atoms. The van der Waals surface area contributed by atoms with Crippen molar-refractivity contribution in [3.63, 3.8) is 0 Å². The van der Waals surface area contributed by atoms with Gasteiger partial charge in [-0.1, -0.05) is 23.7 Å². The summed E-state index contributed by atoms with van der Waals surface area (Å²) in [7, 11) is 1.42. The van der Waals surface area contributed by atoms with E-state index in [1.54, 1.807) is 30.3 Å². The summed E-state index contributed by atoms with van der Waals surface area (Å²) in [5.74, 6) is -4.35. The minimum absolute atomic E-state index is 0.198. The van der Waals surface area contributed by atoms with Crippen LogP contribution in [0.2, 0.25) is 5.02 Å². The first-order chi connectivity index (χ1) is 19.2. The number of furan rings is 1. The van der Waals surface area contributed by atoms with Crippen molar-refractivity contribution in [1.82, 2.24) is 0 Å². The highest BCUT2D eigenvalue weighted by Gasteiger charge is 2.46. The first-order valence-electron chi connectivity index (χ1n) is 12.6. The van der Waals surface area contributed by atoms with Gasteiger partial charge in [-0.05, 0) is 55.8 Å². The van der Waals surface area contributed by atoms with Crippen molar-refractivity contribution in [3.05, 3.63) is 100.0 Å². The van der Waals surface area contributed by atoms with Gasteiger partial charge in [-0.25, -0.2) is 8.78 Å². The number of nitrogens with zero attached hydrogens (tertiary/aromatic N) is 2. The Morgan fingerprint density at radius 1 is 1.07 bits per heavy atom. The van der Waals surface area contributed by atoms with E-state index in [0.717, 1.165) is 41.9 Å². The number of fused-ring (bicyclic) bond motifs is 1. The number of rotatable bonds is 8. The SMILES string of the molecule is CCN(CC)c1ccc(C2C(C(=O)c3cc4cc(Cl)cc(OC)c4o3)=C(O)C(=O)N2c2cc(F)ccc2F)cc1. The van der Waals surface area contributed by atoms with Crippen LogP contribution in [0, 0.1) is 11.6 Å². The van der Waals surface area contributed by atoms with Crippen molar-refractivity contribution in [3.8, 4) is 5.75 Å². The number of ketones is 1. The van der Waals surface area contributed by atoms with Crippen LogP contribution in [0.4, 0.5) is 20.2 Å². The maximum atomic E-state index is 15.0. The molecule has 2 heterocycles. The zero-order valence-electron chi connectivity index (χ0n) is 21.9. The molecule has 3 aromatic carbocycles. The third-order valence-electron chi connectivity index (χ3n) is 6.95. The van der Waals surface area contributed by atoms with E-state index in [2.05, 4.69) is 4.90 Å². The van der Waals surface area contributed by atoms with Crippen LogP contribution < -0.4 is 14.5 Å². The normalized spacial score (nSPS) is 15.3. The summed E-state index contributed by atoms with van der Waals surface area (Å²) in [6.07, 6.45) is 0. The summed E-state index contributed by atoms with van der Waals surface area (Å²) in [6.45, 7) is 5.52. The summed E-state index contributed by atoms with van der Waals surface area (Å²) < 4.78 is 40.3. The molecule has 1 aliphatic rings. The molecule has 4 aromatic rings. The third kappa shape index (κ3) is 4.56. The third-order valence-corrected chi connectivity index (χ3v) is 7.17. The number of anilines is 2.